The van der Waals surface area contributed by atoms with Crippen LogP contribution in [-0.2, 0) is 16.4 Å². The molecule has 0 saturated carbocycles. The first-order valence-corrected chi connectivity index (χ1v) is 12.5. The van der Waals surface area contributed by atoms with E-state index < -0.39 is 9.84 Å². The maximum absolute atomic E-state index is 13.2. The molecule has 0 aliphatic heterocycles. The molecule has 1 amide bonds. The van der Waals surface area contributed by atoms with Crippen LogP contribution in [0.1, 0.15) is 15.9 Å². The van der Waals surface area contributed by atoms with Gasteiger partial charge in [-0.25, -0.2) is 13.1 Å². The van der Waals surface area contributed by atoms with E-state index in [2.05, 4.69) is 0 Å². The first kappa shape index (κ1) is 22.8. The maximum Gasteiger partial charge on any atom is 0.255 e. The summed E-state index contributed by atoms with van der Waals surface area (Å²) in [7, 11) is -1.90. The lowest BCUT2D eigenvalue weighted by Crippen LogP contribution is -2.27. The summed E-state index contributed by atoms with van der Waals surface area (Å²) in [6.45, 7) is 0.238. The van der Waals surface area contributed by atoms with E-state index in [0.29, 0.717) is 10.7 Å². The van der Waals surface area contributed by atoms with Crippen LogP contribution in [0.4, 0.5) is 0 Å². The van der Waals surface area contributed by atoms with Gasteiger partial charge in [0.1, 0.15) is 0 Å². The van der Waals surface area contributed by atoms with Crippen molar-refractivity contribution in [2.45, 2.75) is 11.4 Å². The van der Waals surface area contributed by atoms with Crippen molar-refractivity contribution in [1.82, 2.24) is 14.7 Å². The third-order valence-electron chi connectivity index (χ3n) is 5.20. The standard InChI is InChI=1S/C25H22ClN3O3S/c1-28(25(30)22-10-6-7-11-23(22)33(2,31)32)16-19-17-29(21-8-4-3-5-9-21)27-24(19)18-12-14-20(26)15-13-18/h3-15,17H,16H2,1-2H3. The quantitative estimate of drug-likeness (QED) is 0.395. The average Bonchev–Trinajstić information content (AvgIpc) is 3.22. The number of para-hydroxylation sites is 1. The van der Waals surface area contributed by atoms with Gasteiger partial charge in [0, 0.05) is 42.2 Å². The molecular formula is C25H22ClN3O3S. The Hall–Kier alpha value is -3.42. The van der Waals surface area contributed by atoms with E-state index in [1.54, 1.807) is 36.0 Å². The van der Waals surface area contributed by atoms with E-state index >= 15 is 0 Å². The number of amides is 1. The molecule has 4 aromatic rings. The number of carbonyl (C=O) groups is 1. The molecule has 0 spiro atoms. The Morgan fingerprint density at radius 3 is 2.27 bits per heavy atom. The molecule has 6 nitrogen and oxygen atoms in total. The Bertz CT molecular complexity index is 1400. The highest BCUT2D eigenvalue weighted by Gasteiger charge is 2.23. The SMILES string of the molecule is CN(Cc1cn(-c2ccccc2)nc1-c1ccc(Cl)cc1)C(=O)c1ccccc1S(C)(=O)=O. The second-order valence-electron chi connectivity index (χ2n) is 7.72. The normalized spacial score (nSPS) is 11.4. The zero-order valence-corrected chi connectivity index (χ0v) is 19.7. The van der Waals surface area contributed by atoms with Crippen molar-refractivity contribution in [3.05, 3.63) is 101 Å². The number of hydrogen-bond donors (Lipinski definition) is 0. The molecule has 0 saturated heterocycles. The number of rotatable bonds is 6. The molecule has 0 atom stereocenters. The number of halogens is 1. The fraction of sp³-hybridized carbons (Fsp3) is 0.120. The fourth-order valence-corrected chi connectivity index (χ4v) is 4.60. The van der Waals surface area contributed by atoms with Gasteiger partial charge in [-0.1, -0.05) is 54.1 Å². The van der Waals surface area contributed by atoms with Crippen LogP contribution in [-0.4, -0.2) is 42.3 Å². The van der Waals surface area contributed by atoms with E-state index in [9.17, 15) is 13.2 Å². The number of hydrogen-bond acceptors (Lipinski definition) is 4. The van der Waals surface area contributed by atoms with Gasteiger partial charge in [0.25, 0.3) is 5.91 Å². The largest absolute Gasteiger partial charge is 0.337 e. The third-order valence-corrected chi connectivity index (χ3v) is 6.61. The summed E-state index contributed by atoms with van der Waals surface area (Å²) >= 11 is 6.06. The highest BCUT2D eigenvalue weighted by molar-refractivity contribution is 7.90. The van der Waals surface area contributed by atoms with E-state index in [4.69, 9.17) is 16.7 Å². The Morgan fingerprint density at radius 2 is 1.61 bits per heavy atom. The van der Waals surface area contributed by atoms with Gasteiger partial charge in [-0.15, -0.1) is 0 Å². The summed E-state index contributed by atoms with van der Waals surface area (Å²) in [5, 5.41) is 5.38. The lowest BCUT2D eigenvalue weighted by molar-refractivity contribution is 0.0781. The lowest BCUT2D eigenvalue weighted by Gasteiger charge is -2.18. The topological polar surface area (TPSA) is 72.3 Å². The summed E-state index contributed by atoms with van der Waals surface area (Å²) in [6.07, 6.45) is 2.98. The highest BCUT2D eigenvalue weighted by atomic mass is 35.5. The summed E-state index contributed by atoms with van der Waals surface area (Å²) < 4.78 is 26.1. The molecular weight excluding hydrogens is 458 g/mol. The molecule has 168 valence electrons. The monoisotopic (exact) mass is 479 g/mol. The first-order valence-electron chi connectivity index (χ1n) is 10.2. The van der Waals surface area contributed by atoms with Gasteiger partial charge in [0.15, 0.2) is 9.84 Å². The molecule has 0 N–H and O–H groups in total. The zero-order chi connectivity index (χ0) is 23.6. The molecule has 4 rings (SSSR count). The van der Waals surface area contributed by atoms with Crippen LogP contribution in [0.2, 0.25) is 5.02 Å². The van der Waals surface area contributed by atoms with Crippen molar-refractivity contribution >= 4 is 27.3 Å². The van der Waals surface area contributed by atoms with Gasteiger partial charge in [0.05, 0.1) is 21.8 Å². The second kappa shape index (κ2) is 9.21. The van der Waals surface area contributed by atoms with Gasteiger partial charge < -0.3 is 4.90 Å². The molecule has 0 fully saturated rings. The van der Waals surface area contributed by atoms with Crippen molar-refractivity contribution in [2.24, 2.45) is 0 Å². The minimum Gasteiger partial charge on any atom is -0.337 e. The van der Waals surface area contributed by atoms with Crippen LogP contribution in [0.3, 0.4) is 0 Å². The van der Waals surface area contributed by atoms with Gasteiger partial charge in [-0.2, -0.15) is 5.10 Å². The van der Waals surface area contributed by atoms with Crippen molar-refractivity contribution in [1.29, 1.82) is 0 Å². The Labute approximate surface area is 198 Å². The average molecular weight is 480 g/mol. The van der Waals surface area contributed by atoms with Crippen LogP contribution in [0.15, 0.2) is 90.0 Å². The summed E-state index contributed by atoms with van der Waals surface area (Å²) in [6, 6.07) is 23.3. The van der Waals surface area contributed by atoms with E-state index in [0.717, 1.165) is 23.1 Å². The number of benzene rings is 3. The summed E-state index contributed by atoms with van der Waals surface area (Å²) in [5.74, 6) is -0.384. The van der Waals surface area contributed by atoms with E-state index in [1.165, 1.54) is 17.0 Å². The van der Waals surface area contributed by atoms with E-state index in [-0.39, 0.29) is 22.9 Å². The maximum atomic E-state index is 13.2. The Kier molecular flexibility index (Phi) is 6.35. The summed E-state index contributed by atoms with van der Waals surface area (Å²) in [4.78, 5) is 14.7. The van der Waals surface area contributed by atoms with Gasteiger partial charge in [-0.05, 0) is 36.4 Å². The predicted octanol–water partition coefficient (Wildman–Crippen LogP) is 4.87. The molecule has 1 heterocycles. The molecule has 0 aliphatic carbocycles. The molecule has 33 heavy (non-hydrogen) atoms. The van der Waals surface area contributed by atoms with Gasteiger partial charge in [-0.3, -0.25) is 4.79 Å². The molecule has 3 aromatic carbocycles. The van der Waals surface area contributed by atoms with Crippen molar-refractivity contribution in [3.63, 3.8) is 0 Å². The Morgan fingerprint density at radius 1 is 0.970 bits per heavy atom. The molecule has 1 aromatic heterocycles. The molecule has 0 aliphatic rings. The molecule has 8 heteroatoms. The second-order valence-corrected chi connectivity index (χ2v) is 10.1. The smallest absolute Gasteiger partial charge is 0.255 e. The van der Waals surface area contributed by atoms with Crippen LogP contribution in [0, 0.1) is 0 Å². The number of nitrogens with zero attached hydrogens (tertiary/aromatic N) is 3. The third kappa shape index (κ3) is 4.99. The number of carbonyl (C=O) groups excluding carboxylic acids is 1. The number of aromatic nitrogens is 2. The first-order chi connectivity index (χ1) is 15.7. The zero-order valence-electron chi connectivity index (χ0n) is 18.1. The van der Waals surface area contributed by atoms with Crippen LogP contribution in [0.5, 0.6) is 0 Å². The minimum absolute atomic E-state index is 0.0137. The van der Waals surface area contributed by atoms with Crippen LogP contribution in [0.25, 0.3) is 16.9 Å². The van der Waals surface area contributed by atoms with Crippen LogP contribution < -0.4 is 0 Å². The predicted molar refractivity (Wildman–Crippen MR) is 129 cm³/mol. The van der Waals surface area contributed by atoms with E-state index in [1.807, 2.05) is 48.7 Å². The number of sulfone groups is 1. The highest BCUT2D eigenvalue weighted by Crippen LogP contribution is 2.27. The molecule has 0 radical (unpaired) electrons. The summed E-state index contributed by atoms with van der Waals surface area (Å²) in [5.41, 5.74) is 3.42. The fourth-order valence-electron chi connectivity index (χ4n) is 3.59. The van der Waals surface area contributed by atoms with Crippen molar-refractivity contribution in [2.75, 3.05) is 13.3 Å². The van der Waals surface area contributed by atoms with Crippen LogP contribution >= 0.6 is 11.6 Å². The molecule has 0 bridgehead atoms. The van der Waals surface area contributed by atoms with Gasteiger partial charge >= 0.3 is 0 Å². The van der Waals surface area contributed by atoms with Gasteiger partial charge in [0.2, 0.25) is 0 Å². The minimum atomic E-state index is -3.55. The molecule has 0 unspecified atom stereocenters. The van der Waals surface area contributed by atoms with Crippen molar-refractivity contribution < 1.29 is 13.2 Å². The Balaban J connectivity index is 1.72. The lowest BCUT2D eigenvalue weighted by atomic mass is 10.1. The van der Waals surface area contributed by atoms with Crippen molar-refractivity contribution in [3.8, 4) is 16.9 Å².